The molecular formula is C27H9BiF18O6. The minimum absolute atomic E-state index is 0.404. The van der Waals surface area contributed by atoms with Gasteiger partial charge in [-0.25, -0.2) is 0 Å². The average molecular weight is 980 g/mol. The number of hydrogen-bond acceptors (Lipinski definition) is 5. The van der Waals surface area contributed by atoms with E-state index < -0.39 is 179 Å². The fourth-order valence-corrected chi connectivity index (χ4v) is 9.63. The van der Waals surface area contributed by atoms with E-state index in [4.69, 9.17) is 0 Å². The molecular weight excluding hydrogens is 971 g/mol. The molecule has 0 saturated carbocycles. The van der Waals surface area contributed by atoms with Gasteiger partial charge in [0.15, 0.2) is 0 Å². The van der Waals surface area contributed by atoms with Crippen LogP contribution in [-0.4, -0.2) is 45.6 Å². The molecule has 0 amide bonds. The maximum absolute atomic E-state index is 14.2. The van der Waals surface area contributed by atoms with Crippen LogP contribution in [0.15, 0.2) is 48.5 Å². The Morgan fingerprint density at radius 2 is 0.731 bits per heavy atom. The Morgan fingerprint density at radius 1 is 0.442 bits per heavy atom. The molecule has 0 heterocycles. The van der Waals surface area contributed by atoms with E-state index in [0.717, 1.165) is 0 Å². The Morgan fingerprint density at radius 3 is 0.981 bits per heavy atom. The summed E-state index contributed by atoms with van der Waals surface area (Å²) in [6.07, 6.45) is -34.7. The van der Waals surface area contributed by atoms with Gasteiger partial charge in [-0.15, -0.1) is 0 Å². The average Bonchev–Trinajstić information content (AvgIpc) is 2.96. The molecule has 0 aliphatic carbocycles. The van der Waals surface area contributed by atoms with E-state index in [1.165, 1.54) is 0 Å². The van der Waals surface area contributed by atoms with Gasteiger partial charge in [-0.05, 0) is 0 Å². The van der Waals surface area contributed by atoms with Crippen molar-refractivity contribution in [2.45, 2.75) is 37.1 Å². The number of rotatable bonds is 6. The first kappa shape index (κ1) is 42.1. The van der Waals surface area contributed by atoms with Gasteiger partial charge >= 0.3 is 284 Å². The number of aromatic carboxylic acids is 1. The van der Waals surface area contributed by atoms with Gasteiger partial charge in [0.05, 0.1) is 0 Å². The number of halogens is 18. The van der Waals surface area contributed by atoms with Crippen molar-refractivity contribution < 1.29 is 104 Å². The molecule has 0 aliphatic rings. The van der Waals surface area contributed by atoms with Crippen LogP contribution in [0.3, 0.4) is 0 Å². The number of hydrogen-bond donors (Lipinski definition) is 1. The van der Waals surface area contributed by atoms with Gasteiger partial charge < -0.3 is 0 Å². The molecule has 3 aromatic carbocycles. The molecule has 3 rings (SSSR count). The van der Waals surface area contributed by atoms with E-state index in [2.05, 4.69) is 5.63 Å². The van der Waals surface area contributed by atoms with Crippen LogP contribution >= 0.6 is 0 Å². The van der Waals surface area contributed by atoms with Crippen LogP contribution in [0.5, 0.6) is 0 Å². The van der Waals surface area contributed by atoms with Crippen LogP contribution in [0.2, 0.25) is 0 Å². The van der Waals surface area contributed by atoms with Crippen LogP contribution in [0.1, 0.15) is 64.5 Å². The number of carboxylic acid groups (broad SMARTS) is 1. The van der Waals surface area contributed by atoms with Crippen molar-refractivity contribution in [2.24, 2.45) is 0 Å². The van der Waals surface area contributed by atoms with Crippen molar-refractivity contribution in [3.63, 3.8) is 0 Å². The van der Waals surface area contributed by atoms with E-state index in [9.17, 15) is 98.5 Å². The van der Waals surface area contributed by atoms with Gasteiger partial charge in [-0.3, -0.25) is 0 Å². The minimum atomic E-state index is -6.81. The standard InChI is InChI=1S/2C9H4F6O2.C9H3F6O2.Bi/c3*10-8(11,12)5-1-4(7(16)17)2-6(3-5)9(13,14)15;/h2*1-3H,(H,16,17);1,3H,(H,16,17);/q;;;+2/p-2. The SMILES string of the molecule is O=C([O][Bi]([O]C(=O)c1cc(C(F)(F)F)cc(C(F)(F)F)c1)[c]1c(C(=O)O)cc(C(F)(F)F)cc1C(F)(F)F)c1cc(C(F)(F)F)cc(C(F)(F)F)c1. The molecule has 6 nitrogen and oxygen atoms in total. The molecule has 0 fully saturated rings. The first-order valence-electron chi connectivity index (χ1n) is 12.6. The summed E-state index contributed by atoms with van der Waals surface area (Å²) in [7, 11) is 0. The van der Waals surface area contributed by atoms with Crippen molar-refractivity contribution >= 4 is 43.8 Å². The van der Waals surface area contributed by atoms with Crippen molar-refractivity contribution in [1.82, 2.24) is 0 Å². The van der Waals surface area contributed by atoms with Gasteiger partial charge in [0.2, 0.25) is 0 Å². The van der Waals surface area contributed by atoms with Gasteiger partial charge in [0, 0.05) is 0 Å². The molecule has 0 radical (unpaired) electrons. The second kappa shape index (κ2) is 13.9. The summed E-state index contributed by atoms with van der Waals surface area (Å²) in [6.45, 7) is 0. The Kier molecular flexibility index (Phi) is 11.3. The molecule has 0 spiro atoms. The predicted molar refractivity (Wildman–Crippen MR) is 133 cm³/mol. The zero-order valence-corrected chi connectivity index (χ0v) is 27.3. The summed E-state index contributed by atoms with van der Waals surface area (Å²) in [5, 5.41) is 9.52. The summed E-state index contributed by atoms with van der Waals surface area (Å²) in [4.78, 5) is 37.8. The predicted octanol–water partition coefficient (Wildman–Crippen LogP) is 8.91. The summed E-state index contributed by atoms with van der Waals surface area (Å²) in [5.41, 5.74) is -20.0. The van der Waals surface area contributed by atoms with Crippen molar-refractivity contribution in [2.75, 3.05) is 0 Å². The van der Waals surface area contributed by atoms with E-state index in [1.54, 1.807) is 0 Å². The first-order chi connectivity index (χ1) is 23.2. The third-order valence-electron chi connectivity index (χ3n) is 6.13. The number of carbonyl (C=O) groups excluding carboxylic acids is 2. The molecule has 0 unspecified atom stereocenters. The fourth-order valence-electron chi connectivity index (χ4n) is 3.89. The van der Waals surface area contributed by atoms with Crippen molar-refractivity contribution in [1.29, 1.82) is 0 Å². The third kappa shape index (κ3) is 9.97. The van der Waals surface area contributed by atoms with Crippen LogP contribution in [0, 0.1) is 0 Å². The van der Waals surface area contributed by atoms with Crippen molar-refractivity contribution in [3.8, 4) is 0 Å². The molecule has 3 aromatic rings. The molecule has 52 heavy (non-hydrogen) atoms. The van der Waals surface area contributed by atoms with E-state index in [0.29, 0.717) is 0 Å². The zero-order chi connectivity index (χ0) is 40.2. The van der Waals surface area contributed by atoms with Crippen molar-refractivity contribution in [3.05, 3.63) is 98.6 Å². The molecule has 1 N–H and O–H groups in total. The van der Waals surface area contributed by atoms with Crippen LogP contribution in [-0.2, 0) is 42.7 Å². The van der Waals surface area contributed by atoms with Crippen LogP contribution < -0.4 is 3.27 Å². The van der Waals surface area contributed by atoms with Crippen LogP contribution in [0.4, 0.5) is 79.0 Å². The Labute approximate surface area is 283 Å². The fraction of sp³-hybridized carbons (Fsp3) is 0.222. The normalized spacial score (nSPS) is 13.3. The number of carboxylic acids is 1. The van der Waals surface area contributed by atoms with E-state index >= 15 is 0 Å². The van der Waals surface area contributed by atoms with Gasteiger partial charge in [-0.2, -0.15) is 0 Å². The number of alkyl halides is 18. The van der Waals surface area contributed by atoms with Gasteiger partial charge in [0.1, 0.15) is 0 Å². The Bertz CT molecular complexity index is 1730. The molecule has 0 aliphatic heterocycles. The second-order valence-electron chi connectivity index (χ2n) is 9.82. The molecule has 284 valence electrons. The van der Waals surface area contributed by atoms with Crippen LogP contribution in [0.25, 0.3) is 0 Å². The molecule has 0 bridgehead atoms. The molecule has 0 saturated heterocycles. The molecule has 25 heteroatoms. The van der Waals surface area contributed by atoms with E-state index in [-0.39, 0.29) is 0 Å². The summed E-state index contributed by atoms with van der Waals surface area (Å²) < 4.78 is 250. The first-order valence-corrected chi connectivity index (χ1v) is 17.2. The maximum atomic E-state index is 14.2. The third-order valence-corrected chi connectivity index (χ3v) is 12.0. The number of benzene rings is 3. The molecule has 0 aromatic heterocycles. The molecule has 0 atom stereocenters. The van der Waals surface area contributed by atoms with Gasteiger partial charge in [0.25, 0.3) is 0 Å². The topological polar surface area (TPSA) is 89.9 Å². The van der Waals surface area contributed by atoms with E-state index in [1.807, 2.05) is 0 Å². The Balaban J connectivity index is 2.39. The van der Waals surface area contributed by atoms with Gasteiger partial charge in [-0.1, -0.05) is 0 Å². The summed E-state index contributed by atoms with van der Waals surface area (Å²) in [6, 6.07) is -4.15. The zero-order valence-electron chi connectivity index (χ0n) is 23.9. The monoisotopic (exact) mass is 980 g/mol. The Hall–Kier alpha value is -4.31. The quantitative estimate of drug-likeness (QED) is 0.196. The summed E-state index contributed by atoms with van der Waals surface area (Å²) in [5.74, 6) is -7.91. The second-order valence-corrected chi connectivity index (χ2v) is 15.0. The summed E-state index contributed by atoms with van der Waals surface area (Å²) >= 11 is -6.81. The number of carbonyl (C=O) groups is 3.